The molecule has 0 radical (unpaired) electrons. The highest BCUT2D eigenvalue weighted by atomic mass is 16.5. The Kier molecular flexibility index (Phi) is 4.55. The number of methoxy groups -OCH3 is 1. The summed E-state index contributed by atoms with van der Waals surface area (Å²) >= 11 is 0. The van der Waals surface area contributed by atoms with E-state index in [1.54, 1.807) is 66.8 Å². The number of para-hydroxylation sites is 1. The Hall–Kier alpha value is -4.26. The van der Waals surface area contributed by atoms with Crippen LogP contribution in [0.1, 0.15) is 5.56 Å². The fourth-order valence-corrected chi connectivity index (χ4v) is 3.71. The predicted octanol–water partition coefficient (Wildman–Crippen LogP) is 3.15. The van der Waals surface area contributed by atoms with Crippen LogP contribution in [0.15, 0.2) is 89.0 Å². The lowest BCUT2D eigenvalue weighted by atomic mass is 10.1. The van der Waals surface area contributed by atoms with Crippen LogP contribution >= 0.6 is 0 Å². The van der Waals surface area contributed by atoms with Crippen LogP contribution in [0.3, 0.4) is 0 Å². The Morgan fingerprint density at radius 3 is 2.35 bits per heavy atom. The Morgan fingerprint density at radius 1 is 0.871 bits per heavy atom. The van der Waals surface area contributed by atoms with Crippen LogP contribution in [0, 0.1) is 0 Å². The average Bonchev–Trinajstić information content (AvgIpc) is 2.81. The first-order valence-corrected chi connectivity index (χ1v) is 9.73. The highest BCUT2D eigenvalue weighted by Gasteiger charge is 2.12. The van der Waals surface area contributed by atoms with Gasteiger partial charge in [-0.05, 0) is 36.4 Å². The lowest BCUT2D eigenvalue weighted by Gasteiger charge is -2.11. The number of fused-ring (bicyclic) bond motifs is 2. The zero-order chi connectivity index (χ0) is 21.4. The second-order valence-corrected chi connectivity index (χ2v) is 7.11. The third-order valence-corrected chi connectivity index (χ3v) is 5.29. The van der Waals surface area contributed by atoms with Crippen molar-refractivity contribution in [3.8, 4) is 11.4 Å². The van der Waals surface area contributed by atoms with Gasteiger partial charge in [-0.25, -0.2) is 4.98 Å². The second kappa shape index (κ2) is 7.53. The molecule has 0 aliphatic rings. The Morgan fingerprint density at radius 2 is 1.58 bits per heavy atom. The van der Waals surface area contributed by atoms with Crippen LogP contribution in [-0.4, -0.2) is 26.2 Å². The lowest BCUT2D eigenvalue weighted by Crippen LogP contribution is -2.22. The smallest absolute Gasteiger partial charge is 0.264 e. The van der Waals surface area contributed by atoms with Crippen molar-refractivity contribution in [1.82, 2.24) is 19.1 Å². The molecule has 0 spiro atoms. The number of ether oxygens (including phenoxy) is 1. The van der Waals surface area contributed by atoms with Crippen molar-refractivity contribution in [1.29, 1.82) is 0 Å². The summed E-state index contributed by atoms with van der Waals surface area (Å²) in [5.41, 5.74) is 2.23. The molecule has 0 atom stereocenters. The topological polar surface area (TPSA) is 79.0 Å². The fourth-order valence-electron chi connectivity index (χ4n) is 3.71. The minimum Gasteiger partial charge on any atom is -0.496 e. The van der Waals surface area contributed by atoms with Gasteiger partial charge in [-0.3, -0.25) is 19.1 Å². The van der Waals surface area contributed by atoms with Gasteiger partial charge < -0.3 is 9.30 Å². The number of benzene rings is 1. The first-order valence-electron chi connectivity index (χ1n) is 9.73. The van der Waals surface area contributed by atoms with Crippen molar-refractivity contribution in [2.75, 3.05) is 7.11 Å². The van der Waals surface area contributed by atoms with Gasteiger partial charge in [-0.15, -0.1) is 0 Å². The maximum Gasteiger partial charge on any atom is 0.264 e. The van der Waals surface area contributed by atoms with E-state index in [0.717, 1.165) is 5.56 Å². The Labute approximate surface area is 176 Å². The number of nitrogens with zero attached hydrogens (tertiary/aromatic N) is 4. The van der Waals surface area contributed by atoms with Crippen LogP contribution in [0.4, 0.5) is 0 Å². The van der Waals surface area contributed by atoms with Gasteiger partial charge in [0.1, 0.15) is 5.75 Å². The molecule has 0 saturated carbocycles. The van der Waals surface area contributed by atoms with Crippen molar-refractivity contribution in [2.45, 2.75) is 6.54 Å². The van der Waals surface area contributed by atoms with Crippen LogP contribution < -0.4 is 15.9 Å². The summed E-state index contributed by atoms with van der Waals surface area (Å²) in [6, 6.07) is 16.3. The number of rotatable bonds is 4. The summed E-state index contributed by atoms with van der Waals surface area (Å²) in [5.74, 6) is 0.714. The van der Waals surface area contributed by atoms with Crippen LogP contribution in [0.25, 0.3) is 27.5 Å². The van der Waals surface area contributed by atoms with Crippen LogP contribution in [-0.2, 0) is 6.54 Å². The van der Waals surface area contributed by atoms with E-state index in [4.69, 9.17) is 4.74 Å². The first-order chi connectivity index (χ1) is 15.2. The van der Waals surface area contributed by atoms with Gasteiger partial charge in [-0.2, -0.15) is 0 Å². The van der Waals surface area contributed by atoms with E-state index in [0.29, 0.717) is 39.8 Å². The van der Waals surface area contributed by atoms with Crippen molar-refractivity contribution in [3.63, 3.8) is 0 Å². The lowest BCUT2D eigenvalue weighted by molar-refractivity contribution is 0.408. The monoisotopic (exact) mass is 410 g/mol. The molecule has 0 unspecified atom stereocenters. The summed E-state index contributed by atoms with van der Waals surface area (Å²) in [4.78, 5) is 34.9. The fraction of sp³-hybridized carbons (Fsp3) is 0.0833. The van der Waals surface area contributed by atoms with Crippen LogP contribution in [0.2, 0.25) is 0 Å². The normalized spacial score (nSPS) is 11.1. The van der Waals surface area contributed by atoms with Gasteiger partial charge >= 0.3 is 0 Å². The van der Waals surface area contributed by atoms with E-state index in [1.807, 2.05) is 24.3 Å². The second-order valence-electron chi connectivity index (χ2n) is 7.11. The van der Waals surface area contributed by atoms with Gasteiger partial charge in [0.25, 0.3) is 11.1 Å². The molecule has 1 aromatic carbocycles. The number of hydrogen-bond acceptors (Lipinski definition) is 5. The molecule has 0 fully saturated rings. The maximum absolute atomic E-state index is 13.2. The zero-order valence-electron chi connectivity index (χ0n) is 16.7. The molecule has 4 heterocycles. The van der Waals surface area contributed by atoms with Gasteiger partial charge in [0.2, 0.25) is 0 Å². The SMILES string of the molecule is COc1ccccc1Cn1ccc2nc3ccn(-c4ccncc4)c(=O)c3cc2c1=O. The number of hydrogen-bond donors (Lipinski definition) is 0. The van der Waals surface area contributed by atoms with Gasteiger partial charge in [0, 0.05) is 30.4 Å². The van der Waals surface area contributed by atoms with E-state index in [1.165, 1.54) is 4.57 Å². The minimum absolute atomic E-state index is 0.212. The third kappa shape index (κ3) is 3.26. The largest absolute Gasteiger partial charge is 0.496 e. The molecule has 31 heavy (non-hydrogen) atoms. The summed E-state index contributed by atoms with van der Waals surface area (Å²) in [5, 5.41) is 0.786. The molecule has 7 nitrogen and oxygen atoms in total. The van der Waals surface area contributed by atoms with E-state index >= 15 is 0 Å². The summed E-state index contributed by atoms with van der Waals surface area (Å²) in [6.45, 7) is 0.354. The Balaban J connectivity index is 1.68. The molecule has 0 bridgehead atoms. The Bertz CT molecular complexity index is 1540. The average molecular weight is 410 g/mol. The molecular formula is C24H18N4O3. The molecule has 0 N–H and O–H groups in total. The molecule has 7 heteroatoms. The molecule has 5 aromatic rings. The first kappa shape index (κ1) is 18.7. The van der Waals surface area contributed by atoms with Crippen molar-refractivity contribution < 1.29 is 4.74 Å². The summed E-state index contributed by atoms with van der Waals surface area (Å²) in [7, 11) is 1.60. The van der Waals surface area contributed by atoms with E-state index in [-0.39, 0.29) is 11.1 Å². The molecule has 0 amide bonds. The van der Waals surface area contributed by atoms with Gasteiger partial charge in [0.15, 0.2) is 0 Å². The molecule has 0 aliphatic heterocycles. The third-order valence-electron chi connectivity index (χ3n) is 5.29. The van der Waals surface area contributed by atoms with Crippen molar-refractivity contribution in [3.05, 3.63) is 106 Å². The summed E-state index contributed by atoms with van der Waals surface area (Å²) < 4.78 is 8.51. The van der Waals surface area contributed by atoms with Crippen LogP contribution in [0.5, 0.6) is 5.75 Å². The van der Waals surface area contributed by atoms with E-state index < -0.39 is 0 Å². The molecule has 5 rings (SSSR count). The van der Waals surface area contributed by atoms with Crippen molar-refractivity contribution >= 4 is 21.8 Å². The standard InChI is InChI=1S/C24H18N4O3/c1-31-22-5-3-2-4-16(22)15-27-12-8-20-18(23(27)29)14-19-21(26-20)9-13-28(24(19)30)17-6-10-25-11-7-17/h2-14H,15H2,1H3. The summed E-state index contributed by atoms with van der Waals surface area (Å²) in [6.07, 6.45) is 6.65. The highest BCUT2D eigenvalue weighted by Crippen LogP contribution is 2.19. The molecule has 152 valence electrons. The number of pyridine rings is 4. The maximum atomic E-state index is 13.2. The van der Waals surface area contributed by atoms with Gasteiger partial charge in [0.05, 0.1) is 41.1 Å². The molecule has 4 aromatic heterocycles. The van der Waals surface area contributed by atoms with Gasteiger partial charge in [-0.1, -0.05) is 18.2 Å². The van der Waals surface area contributed by atoms with E-state index in [9.17, 15) is 9.59 Å². The van der Waals surface area contributed by atoms with E-state index in [2.05, 4.69) is 9.97 Å². The molecular weight excluding hydrogens is 392 g/mol. The minimum atomic E-state index is -0.238. The predicted molar refractivity (Wildman–Crippen MR) is 119 cm³/mol. The highest BCUT2D eigenvalue weighted by molar-refractivity contribution is 5.91. The number of aromatic nitrogens is 4. The van der Waals surface area contributed by atoms with Crippen molar-refractivity contribution in [2.24, 2.45) is 0 Å². The molecule has 0 saturated heterocycles. The quantitative estimate of drug-likeness (QED) is 0.425. The zero-order valence-corrected chi connectivity index (χ0v) is 16.7. The molecule has 0 aliphatic carbocycles.